The molecule has 7 heteroatoms. The molecule has 100 valence electrons. The van der Waals surface area contributed by atoms with Crippen LogP contribution in [-0.2, 0) is 0 Å². The maximum absolute atomic E-state index is 12.1. The minimum atomic E-state index is -1.75. The maximum atomic E-state index is 12.1. The van der Waals surface area contributed by atoms with Gasteiger partial charge in [-0.3, -0.25) is 9.59 Å². The van der Waals surface area contributed by atoms with Gasteiger partial charge in [-0.1, -0.05) is 48.5 Å². The van der Waals surface area contributed by atoms with Crippen LogP contribution in [0.4, 0.5) is 0 Å². The van der Waals surface area contributed by atoms with Crippen LogP contribution < -0.4 is 29.6 Å². The van der Waals surface area contributed by atoms with Crippen molar-refractivity contribution in [3.05, 3.63) is 86.1 Å². The number of fused-ring (bicyclic) bond motifs is 2. The zero-order valence-corrected chi connectivity index (χ0v) is 13.1. The molecule has 0 N–H and O–H groups in total. The van der Waals surface area contributed by atoms with Crippen molar-refractivity contribution >= 4 is 11.6 Å². The third-order valence-electron chi connectivity index (χ3n) is 2.83. The summed E-state index contributed by atoms with van der Waals surface area (Å²) in [6, 6.07) is 13.9. The molecule has 0 unspecified atom stereocenters. The molecule has 0 bridgehead atoms. The predicted molar refractivity (Wildman–Crippen MR) is 70.1 cm³/mol. The summed E-state index contributed by atoms with van der Waals surface area (Å²) in [5.41, 5.74) is 2.02. The molecule has 0 heterocycles. The van der Waals surface area contributed by atoms with Gasteiger partial charge in [0.15, 0.2) is 11.6 Å². The smallest absolute Gasteiger partial charge is 0.356 e. The van der Waals surface area contributed by atoms with Gasteiger partial charge in [-0.2, -0.15) is 0 Å². The normalized spacial score (nSPS) is 11.2. The van der Waals surface area contributed by atoms with E-state index in [0.29, 0.717) is 22.3 Å². The summed E-state index contributed by atoms with van der Waals surface area (Å²) in [5.74, 6) is -0.128. The van der Waals surface area contributed by atoms with Gasteiger partial charge in [-0.05, 0) is 0 Å². The van der Waals surface area contributed by atoms with Crippen molar-refractivity contribution in [2.45, 2.75) is 0 Å². The first kappa shape index (κ1) is 17.0. The van der Waals surface area contributed by atoms with E-state index in [4.69, 9.17) is 15.3 Å². The molecular weight excluding hydrogens is 285 g/mol. The van der Waals surface area contributed by atoms with E-state index in [2.05, 4.69) is 0 Å². The fraction of sp³-hybridized carbons (Fsp3) is 0. The van der Waals surface area contributed by atoms with Crippen molar-refractivity contribution < 1.29 is 44.2 Å². The molecule has 0 aliphatic heterocycles. The topological polar surface area (TPSA) is 100 Å². The Bertz CT molecular complexity index is 605. The van der Waals surface area contributed by atoms with Gasteiger partial charge in [-0.25, -0.2) is 0 Å². The molecule has 1 aliphatic carbocycles. The fourth-order valence-electron chi connectivity index (χ4n) is 2.05. The van der Waals surface area contributed by atoms with E-state index in [1.165, 1.54) is 0 Å². The Hall–Kier alpha value is -2.02. The molecule has 0 saturated heterocycles. The minimum Gasteiger partial charge on any atom is -0.356 e. The number of hydrogen-bond donors (Lipinski definition) is 0. The van der Waals surface area contributed by atoms with Crippen LogP contribution >= 0.6 is 0 Å². The van der Waals surface area contributed by atoms with Gasteiger partial charge in [0.25, 0.3) is 0 Å². The van der Waals surface area contributed by atoms with Crippen LogP contribution in [0.3, 0.4) is 0 Å². The second-order valence-corrected chi connectivity index (χ2v) is 3.97. The van der Waals surface area contributed by atoms with Crippen molar-refractivity contribution in [1.29, 1.82) is 0 Å². The maximum Gasteiger partial charge on any atom is 1.00 e. The number of nitrogens with zero attached hydrogens (tertiary/aromatic N) is 1. The molecule has 0 radical (unpaired) electrons. The number of rotatable bonds is 0. The van der Waals surface area contributed by atoms with E-state index in [9.17, 15) is 9.59 Å². The quantitative estimate of drug-likeness (QED) is 0.308. The average Bonchev–Trinajstić information content (AvgIpc) is 2.44. The largest absolute Gasteiger partial charge is 1.00 e. The predicted octanol–water partition coefficient (Wildman–Crippen LogP) is -0.773. The third-order valence-corrected chi connectivity index (χ3v) is 2.83. The molecule has 0 amide bonds. The van der Waals surface area contributed by atoms with Crippen molar-refractivity contribution in [3.8, 4) is 0 Å². The Labute approximate surface area is 141 Å². The monoisotopic (exact) mass is 293 g/mol. The van der Waals surface area contributed by atoms with Crippen molar-refractivity contribution in [1.82, 2.24) is 0 Å². The Kier molecular flexibility index (Phi) is 5.78. The van der Waals surface area contributed by atoms with Gasteiger partial charge in [-0.15, -0.1) is 0 Å². The van der Waals surface area contributed by atoms with Crippen LogP contribution in [0, 0.1) is 15.3 Å². The fourth-order valence-corrected chi connectivity index (χ4v) is 2.05. The van der Waals surface area contributed by atoms with Crippen LogP contribution in [0.15, 0.2) is 48.5 Å². The van der Waals surface area contributed by atoms with E-state index < -0.39 is 5.09 Å². The molecule has 0 aromatic heterocycles. The van der Waals surface area contributed by atoms with Crippen LogP contribution in [0.25, 0.3) is 0 Å². The zero-order chi connectivity index (χ0) is 14.7. The summed E-state index contributed by atoms with van der Waals surface area (Å²) in [6.07, 6.45) is 0. The van der Waals surface area contributed by atoms with Crippen LogP contribution in [0.5, 0.6) is 0 Å². The summed E-state index contributed by atoms with van der Waals surface area (Å²) in [7, 11) is 0. The summed E-state index contributed by atoms with van der Waals surface area (Å²) < 4.78 is 0. The molecule has 6 nitrogen and oxygen atoms in total. The zero-order valence-electron chi connectivity index (χ0n) is 11.1. The van der Waals surface area contributed by atoms with Gasteiger partial charge in [0.1, 0.15) is 0 Å². The minimum absolute atomic E-state index is 0. The summed E-state index contributed by atoms with van der Waals surface area (Å²) in [6.45, 7) is 0. The van der Waals surface area contributed by atoms with Crippen LogP contribution in [-0.4, -0.2) is 16.7 Å². The molecule has 0 saturated carbocycles. The average molecular weight is 293 g/mol. The van der Waals surface area contributed by atoms with Crippen LogP contribution in [0.1, 0.15) is 31.8 Å². The van der Waals surface area contributed by atoms with Crippen molar-refractivity contribution in [2.75, 3.05) is 0 Å². The molecule has 0 fully saturated rings. The number of carbonyl (C=O) groups excluding carboxylic acids is 2. The number of benzene rings is 2. The first-order chi connectivity index (χ1) is 9.52. The number of ketones is 2. The van der Waals surface area contributed by atoms with Crippen molar-refractivity contribution in [2.24, 2.45) is 0 Å². The second kappa shape index (κ2) is 7.12. The molecular formula is C14H8NNaO5. The standard InChI is InChI=1S/C14H8O2.NO3.Na/c15-13-9-5-1-2-6-10(9)14(16)12-8-4-3-7-11(12)13;2-1(3)4;/h1-8H;;/q;-1;+1. The number of hydrogen-bond acceptors (Lipinski definition) is 5. The first-order valence-electron chi connectivity index (χ1n) is 5.61. The first-order valence-corrected chi connectivity index (χ1v) is 5.61. The molecule has 2 aromatic rings. The Morgan fingerprint density at radius 1 is 0.667 bits per heavy atom. The summed E-state index contributed by atoms with van der Waals surface area (Å²) in [4.78, 5) is 32.5. The SMILES string of the molecule is O=C1c2ccccc2C(=O)c2ccccc21.O=[N+]([O-])[O-].[Na+]. The molecule has 21 heavy (non-hydrogen) atoms. The second-order valence-electron chi connectivity index (χ2n) is 3.97. The molecule has 0 atom stereocenters. The van der Waals surface area contributed by atoms with Crippen molar-refractivity contribution in [3.63, 3.8) is 0 Å². The van der Waals surface area contributed by atoms with Gasteiger partial charge in [0.05, 0.1) is 5.09 Å². The summed E-state index contributed by atoms with van der Waals surface area (Å²) in [5, 5.41) is 14.8. The Morgan fingerprint density at radius 2 is 0.857 bits per heavy atom. The summed E-state index contributed by atoms with van der Waals surface area (Å²) >= 11 is 0. The van der Waals surface area contributed by atoms with Gasteiger partial charge in [0.2, 0.25) is 0 Å². The third kappa shape index (κ3) is 3.55. The van der Waals surface area contributed by atoms with Crippen LogP contribution in [0.2, 0.25) is 0 Å². The van der Waals surface area contributed by atoms with Gasteiger partial charge >= 0.3 is 29.6 Å². The van der Waals surface area contributed by atoms with E-state index in [1.54, 1.807) is 48.5 Å². The van der Waals surface area contributed by atoms with E-state index in [0.717, 1.165) is 0 Å². The van der Waals surface area contributed by atoms with Gasteiger partial charge < -0.3 is 15.3 Å². The molecule has 2 aromatic carbocycles. The van der Waals surface area contributed by atoms with Gasteiger partial charge in [0, 0.05) is 22.3 Å². The Balaban J connectivity index is 0.000000397. The molecule has 1 aliphatic rings. The molecule has 0 spiro atoms. The number of carbonyl (C=O) groups is 2. The van der Waals surface area contributed by atoms with E-state index >= 15 is 0 Å². The Morgan fingerprint density at radius 3 is 1.05 bits per heavy atom. The van der Waals surface area contributed by atoms with E-state index in [1.807, 2.05) is 0 Å². The molecule has 3 rings (SSSR count). The van der Waals surface area contributed by atoms with E-state index in [-0.39, 0.29) is 41.1 Å².